The van der Waals surface area contributed by atoms with E-state index < -0.39 is 0 Å². The first-order valence-electron chi connectivity index (χ1n) is 6.74. The van der Waals surface area contributed by atoms with Gasteiger partial charge in [0.1, 0.15) is 5.82 Å². The molecule has 0 aliphatic carbocycles. The lowest BCUT2D eigenvalue weighted by molar-refractivity contribution is 0.0937. The van der Waals surface area contributed by atoms with Crippen molar-refractivity contribution in [1.82, 2.24) is 20.1 Å². The quantitative estimate of drug-likeness (QED) is 0.904. The molecule has 1 atom stereocenters. The summed E-state index contributed by atoms with van der Waals surface area (Å²) in [4.78, 5) is 12.3. The first kappa shape index (κ1) is 14.5. The summed E-state index contributed by atoms with van der Waals surface area (Å²) in [6.45, 7) is 2.83. The SMILES string of the molecule is CC(NC(=O)c1ccc(Br)c(Cl)c1)c1nnc2n1CCC2. The molecular formula is C14H14BrClN4O. The molecule has 3 rings (SSSR count). The number of nitrogens with one attached hydrogen (secondary N) is 1. The Morgan fingerprint density at radius 3 is 3.05 bits per heavy atom. The molecule has 7 heteroatoms. The first-order chi connectivity index (χ1) is 10.1. The number of nitrogens with zero attached hydrogens (tertiary/aromatic N) is 3. The van der Waals surface area contributed by atoms with Crippen molar-refractivity contribution in [1.29, 1.82) is 0 Å². The van der Waals surface area contributed by atoms with Gasteiger partial charge in [-0.3, -0.25) is 4.79 Å². The summed E-state index contributed by atoms with van der Waals surface area (Å²) in [5, 5.41) is 11.8. The predicted octanol–water partition coefficient (Wildman–Crippen LogP) is 3.13. The van der Waals surface area contributed by atoms with Gasteiger partial charge in [-0.1, -0.05) is 11.6 Å². The molecule has 0 spiro atoms. The topological polar surface area (TPSA) is 59.8 Å². The molecule has 110 valence electrons. The van der Waals surface area contributed by atoms with Crippen LogP contribution in [-0.4, -0.2) is 20.7 Å². The van der Waals surface area contributed by atoms with E-state index in [9.17, 15) is 4.79 Å². The molecule has 0 saturated heterocycles. The van der Waals surface area contributed by atoms with Gasteiger partial charge in [0.2, 0.25) is 0 Å². The Labute approximate surface area is 135 Å². The molecule has 1 aromatic heterocycles. The van der Waals surface area contributed by atoms with Crippen molar-refractivity contribution < 1.29 is 4.79 Å². The maximum absolute atomic E-state index is 12.3. The standard InChI is InChI=1S/C14H14BrClN4O/c1-8(13-19-18-12-3-2-6-20(12)13)17-14(21)9-4-5-10(15)11(16)7-9/h4-5,7-8H,2-3,6H2,1H3,(H,17,21). The Balaban J connectivity index is 1.76. The third kappa shape index (κ3) is 2.82. The Bertz CT molecular complexity index is 700. The Morgan fingerprint density at radius 2 is 2.29 bits per heavy atom. The van der Waals surface area contributed by atoms with Gasteiger partial charge in [0.25, 0.3) is 5.91 Å². The predicted molar refractivity (Wildman–Crippen MR) is 83.4 cm³/mol. The molecule has 5 nitrogen and oxygen atoms in total. The fraction of sp³-hybridized carbons (Fsp3) is 0.357. The third-order valence-electron chi connectivity index (χ3n) is 3.55. The summed E-state index contributed by atoms with van der Waals surface area (Å²) >= 11 is 9.33. The Kier molecular flexibility index (Phi) is 3.99. The number of carbonyl (C=O) groups is 1. The lowest BCUT2D eigenvalue weighted by atomic mass is 10.2. The Morgan fingerprint density at radius 1 is 1.48 bits per heavy atom. The average molecular weight is 370 g/mol. The van der Waals surface area contributed by atoms with Crippen molar-refractivity contribution in [2.24, 2.45) is 0 Å². The van der Waals surface area contributed by atoms with E-state index in [0.717, 1.165) is 35.5 Å². The van der Waals surface area contributed by atoms with Crippen LogP contribution in [0.5, 0.6) is 0 Å². The fourth-order valence-electron chi connectivity index (χ4n) is 2.48. The number of rotatable bonds is 3. The van der Waals surface area contributed by atoms with E-state index in [1.54, 1.807) is 18.2 Å². The van der Waals surface area contributed by atoms with E-state index in [4.69, 9.17) is 11.6 Å². The number of amides is 1. The van der Waals surface area contributed by atoms with Gasteiger partial charge in [0.05, 0.1) is 11.1 Å². The van der Waals surface area contributed by atoms with Gasteiger partial charge in [0.15, 0.2) is 5.82 Å². The second-order valence-electron chi connectivity index (χ2n) is 5.05. The van der Waals surface area contributed by atoms with Crippen molar-refractivity contribution >= 4 is 33.4 Å². The zero-order chi connectivity index (χ0) is 15.0. The van der Waals surface area contributed by atoms with Crippen LogP contribution in [0.4, 0.5) is 0 Å². The van der Waals surface area contributed by atoms with E-state index in [-0.39, 0.29) is 11.9 Å². The second-order valence-corrected chi connectivity index (χ2v) is 6.32. The molecule has 0 fully saturated rings. The monoisotopic (exact) mass is 368 g/mol. The van der Waals surface area contributed by atoms with Gasteiger partial charge in [0, 0.05) is 23.0 Å². The zero-order valence-corrected chi connectivity index (χ0v) is 13.8. The van der Waals surface area contributed by atoms with Crippen LogP contribution < -0.4 is 5.32 Å². The minimum Gasteiger partial charge on any atom is -0.342 e. The molecule has 2 aromatic rings. The maximum atomic E-state index is 12.3. The van der Waals surface area contributed by atoms with Gasteiger partial charge in [-0.2, -0.15) is 0 Å². The van der Waals surface area contributed by atoms with E-state index in [0.29, 0.717) is 10.6 Å². The molecule has 2 heterocycles. The number of aromatic nitrogens is 3. The molecule has 1 unspecified atom stereocenters. The van der Waals surface area contributed by atoms with Crippen LogP contribution in [-0.2, 0) is 13.0 Å². The molecule has 21 heavy (non-hydrogen) atoms. The Hall–Kier alpha value is -1.40. The molecule has 0 saturated carbocycles. The molecule has 1 aliphatic rings. The van der Waals surface area contributed by atoms with Crippen LogP contribution in [0, 0.1) is 0 Å². The van der Waals surface area contributed by atoms with Crippen molar-refractivity contribution in [3.63, 3.8) is 0 Å². The van der Waals surface area contributed by atoms with Crippen molar-refractivity contribution in [2.75, 3.05) is 0 Å². The fourth-order valence-corrected chi connectivity index (χ4v) is 2.90. The summed E-state index contributed by atoms with van der Waals surface area (Å²) in [6, 6.07) is 4.93. The number of fused-ring (bicyclic) bond motifs is 1. The summed E-state index contributed by atoms with van der Waals surface area (Å²) in [5.74, 6) is 1.63. The number of aryl methyl sites for hydroxylation is 1. The minimum absolute atomic E-state index is 0.174. The van der Waals surface area contributed by atoms with Gasteiger partial charge in [-0.05, 0) is 47.5 Å². The third-order valence-corrected chi connectivity index (χ3v) is 4.79. The van der Waals surface area contributed by atoms with Gasteiger partial charge in [-0.15, -0.1) is 10.2 Å². The molecule has 1 aromatic carbocycles. The van der Waals surface area contributed by atoms with E-state index in [1.807, 2.05) is 6.92 Å². The summed E-state index contributed by atoms with van der Waals surface area (Å²) in [6.07, 6.45) is 2.04. The van der Waals surface area contributed by atoms with Crippen molar-refractivity contribution in [3.8, 4) is 0 Å². The van der Waals surface area contributed by atoms with Crippen LogP contribution in [0.1, 0.15) is 41.4 Å². The zero-order valence-electron chi connectivity index (χ0n) is 11.4. The number of hydrogen-bond donors (Lipinski definition) is 1. The highest BCUT2D eigenvalue weighted by molar-refractivity contribution is 9.10. The van der Waals surface area contributed by atoms with Crippen LogP contribution >= 0.6 is 27.5 Å². The summed E-state index contributed by atoms with van der Waals surface area (Å²) in [7, 11) is 0. The molecular weight excluding hydrogens is 356 g/mol. The minimum atomic E-state index is -0.195. The van der Waals surface area contributed by atoms with Gasteiger partial charge >= 0.3 is 0 Å². The number of hydrogen-bond acceptors (Lipinski definition) is 3. The highest BCUT2D eigenvalue weighted by atomic mass is 79.9. The van der Waals surface area contributed by atoms with Crippen LogP contribution in [0.15, 0.2) is 22.7 Å². The van der Waals surface area contributed by atoms with E-state index >= 15 is 0 Å². The summed E-state index contributed by atoms with van der Waals surface area (Å²) < 4.78 is 2.85. The number of benzene rings is 1. The van der Waals surface area contributed by atoms with Crippen LogP contribution in [0.25, 0.3) is 0 Å². The molecule has 1 N–H and O–H groups in total. The van der Waals surface area contributed by atoms with E-state index in [1.165, 1.54) is 0 Å². The highest BCUT2D eigenvalue weighted by Gasteiger charge is 2.22. The first-order valence-corrected chi connectivity index (χ1v) is 7.91. The van der Waals surface area contributed by atoms with Crippen molar-refractivity contribution in [2.45, 2.75) is 32.4 Å². The average Bonchev–Trinajstić information content (AvgIpc) is 3.04. The second kappa shape index (κ2) is 5.77. The van der Waals surface area contributed by atoms with Gasteiger partial charge in [-0.25, -0.2) is 0 Å². The van der Waals surface area contributed by atoms with Crippen molar-refractivity contribution in [3.05, 3.63) is 44.9 Å². The molecule has 1 aliphatic heterocycles. The van der Waals surface area contributed by atoms with E-state index in [2.05, 4.69) is 36.0 Å². The maximum Gasteiger partial charge on any atom is 0.251 e. The van der Waals surface area contributed by atoms with Gasteiger partial charge < -0.3 is 9.88 Å². The normalized spacial score (nSPS) is 14.8. The lowest BCUT2D eigenvalue weighted by Crippen LogP contribution is -2.28. The van der Waals surface area contributed by atoms with Crippen LogP contribution in [0.2, 0.25) is 5.02 Å². The lowest BCUT2D eigenvalue weighted by Gasteiger charge is -2.14. The highest BCUT2D eigenvalue weighted by Crippen LogP contribution is 2.24. The number of halogens is 2. The largest absolute Gasteiger partial charge is 0.342 e. The molecule has 0 bridgehead atoms. The molecule has 0 radical (unpaired) electrons. The summed E-state index contributed by atoms with van der Waals surface area (Å²) in [5.41, 5.74) is 0.524. The smallest absolute Gasteiger partial charge is 0.251 e. The van der Waals surface area contributed by atoms with Crippen LogP contribution in [0.3, 0.4) is 0 Å². The number of carbonyl (C=O) groups excluding carboxylic acids is 1. The molecule has 1 amide bonds.